The summed E-state index contributed by atoms with van der Waals surface area (Å²) in [6, 6.07) is 14.3. The predicted octanol–water partition coefficient (Wildman–Crippen LogP) is 5.34. The van der Waals surface area contributed by atoms with E-state index in [9.17, 15) is 9.18 Å². The zero-order valence-electron chi connectivity index (χ0n) is 13.5. The van der Waals surface area contributed by atoms with Crippen molar-refractivity contribution in [2.75, 3.05) is 5.32 Å². The summed E-state index contributed by atoms with van der Waals surface area (Å²) in [5.74, 6) is -0.507. The molecule has 0 unspecified atom stereocenters. The van der Waals surface area contributed by atoms with Crippen molar-refractivity contribution in [3.05, 3.63) is 65.5 Å². The highest BCUT2D eigenvalue weighted by atomic mass is 19.1. The fourth-order valence-electron chi connectivity index (χ4n) is 1.91. The lowest BCUT2D eigenvalue weighted by atomic mass is 10.1. The lowest BCUT2D eigenvalue weighted by Crippen LogP contribution is -2.27. The average Bonchev–Trinajstić information content (AvgIpc) is 2.47. The third-order valence-electron chi connectivity index (χ3n) is 2.89. The van der Waals surface area contributed by atoms with Crippen LogP contribution in [0.3, 0.4) is 0 Å². The van der Waals surface area contributed by atoms with Gasteiger partial charge in [-0.15, -0.1) is 0 Å². The summed E-state index contributed by atoms with van der Waals surface area (Å²) in [7, 11) is 0. The van der Waals surface area contributed by atoms with E-state index in [0.717, 1.165) is 11.1 Å². The Balaban J connectivity index is 2.13. The van der Waals surface area contributed by atoms with Crippen LogP contribution in [0.15, 0.2) is 48.5 Å². The van der Waals surface area contributed by atoms with Crippen LogP contribution in [0.25, 0.3) is 12.2 Å². The Hall–Kier alpha value is -2.62. The molecule has 0 radical (unpaired) electrons. The smallest absolute Gasteiger partial charge is 0.412 e. The van der Waals surface area contributed by atoms with Gasteiger partial charge in [-0.2, -0.15) is 0 Å². The molecule has 0 heterocycles. The van der Waals surface area contributed by atoms with E-state index in [1.54, 1.807) is 32.9 Å². The topological polar surface area (TPSA) is 38.3 Å². The molecular weight excluding hydrogens is 293 g/mol. The molecule has 0 saturated carbocycles. The number of rotatable bonds is 3. The van der Waals surface area contributed by atoms with Crippen LogP contribution in [0.2, 0.25) is 0 Å². The van der Waals surface area contributed by atoms with Crippen molar-refractivity contribution in [2.45, 2.75) is 26.4 Å². The first kappa shape index (κ1) is 16.7. The second-order valence-electron chi connectivity index (χ2n) is 6.11. The van der Waals surface area contributed by atoms with Gasteiger partial charge in [0.2, 0.25) is 0 Å². The van der Waals surface area contributed by atoms with Crippen molar-refractivity contribution >= 4 is 23.9 Å². The van der Waals surface area contributed by atoms with Gasteiger partial charge >= 0.3 is 6.09 Å². The molecule has 2 rings (SSSR count). The van der Waals surface area contributed by atoms with Crippen LogP contribution in [-0.4, -0.2) is 11.7 Å². The van der Waals surface area contributed by atoms with Gasteiger partial charge in [0.15, 0.2) is 0 Å². The molecule has 0 aromatic heterocycles. The maximum absolute atomic E-state index is 13.8. The molecule has 1 N–H and O–H groups in total. The van der Waals surface area contributed by atoms with E-state index in [1.165, 1.54) is 6.07 Å². The Bertz CT molecular complexity index is 703. The zero-order valence-corrected chi connectivity index (χ0v) is 13.5. The number of carbonyl (C=O) groups excluding carboxylic acids is 1. The zero-order chi connectivity index (χ0) is 16.9. The van der Waals surface area contributed by atoms with Gasteiger partial charge in [-0.25, -0.2) is 9.18 Å². The van der Waals surface area contributed by atoms with Gasteiger partial charge in [0.05, 0.1) is 5.69 Å². The first-order valence-electron chi connectivity index (χ1n) is 7.36. The molecule has 0 atom stereocenters. The highest BCUT2D eigenvalue weighted by Gasteiger charge is 2.17. The molecule has 2 aromatic rings. The van der Waals surface area contributed by atoms with Crippen LogP contribution in [0.4, 0.5) is 14.9 Å². The molecule has 0 bridgehead atoms. The number of hydrogen-bond donors (Lipinski definition) is 1. The largest absolute Gasteiger partial charge is 0.444 e. The molecule has 4 heteroatoms. The van der Waals surface area contributed by atoms with Crippen LogP contribution >= 0.6 is 0 Å². The number of benzene rings is 2. The van der Waals surface area contributed by atoms with Gasteiger partial charge in [0.25, 0.3) is 0 Å². The van der Waals surface area contributed by atoms with Crippen LogP contribution in [0, 0.1) is 5.82 Å². The summed E-state index contributed by atoms with van der Waals surface area (Å²) in [5, 5.41) is 2.44. The van der Waals surface area contributed by atoms with E-state index in [4.69, 9.17) is 4.74 Å². The molecule has 0 fully saturated rings. The number of halogens is 1. The second kappa shape index (κ2) is 7.09. The average molecular weight is 313 g/mol. The maximum Gasteiger partial charge on any atom is 0.412 e. The summed E-state index contributed by atoms with van der Waals surface area (Å²) < 4.78 is 19.0. The van der Waals surface area contributed by atoms with E-state index >= 15 is 0 Å². The predicted molar refractivity (Wildman–Crippen MR) is 91.6 cm³/mol. The monoisotopic (exact) mass is 313 g/mol. The fraction of sp³-hybridized carbons (Fsp3) is 0.211. The lowest BCUT2D eigenvalue weighted by molar-refractivity contribution is 0.0635. The van der Waals surface area contributed by atoms with Crippen molar-refractivity contribution in [3.8, 4) is 0 Å². The number of amides is 1. The Morgan fingerprint density at radius 3 is 2.35 bits per heavy atom. The van der Waals surface area contributed by atoms with E-state index in [1.807, 2.05) is 42.5 Å². The van der Waals surface area contributed by atoms with Gasteiger partial charge in [0.1, 0.15) is 11.4 Å². The standard InChI is InChI=1S/C19H20FNO2/c1-19(2,3)23-18(22)21-17-13-15(11-12-16(17)20)10-9-14-7-5-4-6-8-14/h4-13H,1-3H3,(H,21,22). The minimum Gasteiger partial charge on any atom is -0.444 e. The molecular formula is C19H20FNO2. The molecule has 2 aromatic carbocycles. The normalized spacial score (nSPS) is 11.5. The SMILES string of the molecule is CC(C)(C)OC(=O)Nc1cc(C=Cc2ccccc2)ccc1F. The highest BCUT2D eigenvalue weighted by Crippen LogP contribution is 2.19. The Morgan fingerprint density at radius 2 is 1.70 bits per heavy atom. The van der Waals surface area contributed by atoms with Gasteiger partial charge < -0.3 is 4.74 Å². The molecule has 0 aliphatic heterocycles. The number of anilines is 1. The Morgan fingerprint density at radius 1 is 1.04 bits per heavy atom. The lowest BCUT2D eigenvalue weighted by Gasteiger charge is -2.19. The van der Waals surface area contributed by atoms with E-state index in [-0.39, 0.29) is 5.69 Å². The number of carbonyl (C=O) groups is 1. The van der Waals surface area contributed by atoms with Crippen molar-refractivity contribution in [1.29, 1.82) is 0 Å². The van der Waals surface area contributed by atoms with Crippen LogP contribution < -0.4 is 5.32 Å². The fourth-order valence-corrected chi connectivity index (χ4v) is 1.91. The van der Waals surface area contributed by atoms with Crippen LogP contribution in [-0.2, 0) is 4.74 Å². The van der Waals surface area contributed by atoms with Crippen molar-refractivity contribution in [1.82, 2.24) is 0 Å². The van der Waals surface area contributed by atoms with E-state index in [0.29, 0.717) is 0 Å². The summed E-state index contributed by atoms with van der Waals surface area (Å²) in [5.41, 5.74) is 1.28. The van der Waals surface area contributed by atoms with Gasteiger partial charge in [-0.3, -0.25) is 5.32 Å². The molecule has 1 amide bonds. The summed E-state index contributed by atoms with van der Waals surface area (Å²) in [6.07, 6.45) is 3.10. The van der Waals surface area contributed by atoms with E-state index in [2.05, 4.69) is 5.32 Å². The number of hydrogen-bond acceptors (Lipinski definition) is 2. The maximum atomic E-state index is 13.8. The van der Waals surface area contributed by atoms with Crippen molar-refractivity contribution in [2.24, 2.45) is 0 Å². The molecule has 0 saturated heterocycles. The van der Waals surface area contributed by atoms with Crippen LogP contribution in [0.1, 0.15) is 31.9 Å². The minimum atomic E-state index is -0.680. The van der Waals surface area contributed by atoms with Gasteiger partial charge in [0, 0.05) is 0 Å². The van der Waals surface area contributed by atoms with Crippen molar-refractivity contribution < 1.29 is 13.9 Å². The summed E-state index contributed by atoms with van der Waals surface area (Å²) in [6.45, 7) is 5.26. The molecule has 0 spiro atoms. The number of ether oxygens (including phenoxy) is 1. The second-order valence-corrected chi connectivity index (χ2v) is 6.11. The molecule has 3 nitrogen and oxygen atoms in total. The first-order valence-corrected chi connectivity index (χ1v) is 7.36. The van der Waals surface area contributed by atoms with Gasteiger partial charge in [-0.05, 0) is 44.0 Å². The minimum absolute atomic E-state index is 0.0921. The molecule has 120 valence electrons. The third kappa shape index (κ3) is 5.58. The molecule has 0 aliphatic rings. The Kier molecular flexibility index (Phi) is 5.16. The number of nitrogens with one attached hydrogen (secondary N) is 1. The first-order chi connectivity index (χ1) is 10.8. The van der Waals surface area contributed by atoms with Crippen molar-refractivity contribution in [3.63, 3.8) is 0 Å². The van der Waals surface area contributed by atoms with Crippen LogP contribution in [0.5, 0.6) is 0 Å². The quantitative estimate of drug-likeness (QED) is 0.776. The highest BCUT2D eigenvalue weighted by molar-refractivity contribution is 5.86. The van der Waals surface area contributed by atoms with E-state index < -0.39 is 17.5 Å². The molecule has 0 aliphatic carbocycles. The summed E-state index contributed by atoms with van der Waals surface area (Å²) in [4.78, 5) is 11.8. The summed E-state index contributed by atoms with van der Waals surface area (Å²) >= 11 is 0. The Labute approximate surface area is 135 Å². The molecule has 23 heavy (non-hydrogen) atoms. The van der Waals surface area contributed by atoms with Gasteiger partial charge in [-0.1, -0.05) is 48.6 Å². The third-order valence-corrected chi connectivity index (χ3v) is 2.89.